The number of nitrogens with one attached hydrogen (secondary N) is 2. The van der Waals surface area contributed by atoms with Crippen molar-refractivity contribution < 1.29 is 23.0 Å². The van der Waals surface area contributed by atoms with Gasteiger partial charge in [-0.15, -0.1) is 0 Å². The van der Waals surface area contributed by atoms with Crippen LogP contribution >= 0.6 is 0 Å². The Hall–Kier alpha value is -3.23. The van der Waals surface area contributed by atoms with Gasteiger partial charge in [0.2, 0.25) is 0 Å². The minimum atomic E-state index is -2.85. The fraction of sp³-hybridized carbons (Fsp3) is 0.409. The first-order chi connectivity index (χ1) is 15.0. The zero-order chi connectivity index (χ0) is 22.2. The highest BCUT2D eigenvalue weighted by molar-refractivity contribution is 5.80. The molecule has 2 aromatic rings. The van der Waals surface area contributed by atoms with Crippen molar-refractivity contribution in [1.29, 1.82) is 0 Å². The third kappa shape index (κ3) is 5.90. The summed E-state index contributed by atoms with van der Waals surface area (Å²) in [4.78, 5) is 6.33. The molecule has 1 saturated heterocycles. The van der Waals surface area contributed by atoms with E-state index >= 15 is 0 Å². The number of alkyl halides is 2. The maximum absolute atomic E-state index is 12.7. The number of rotatable bonds is 8. The van der Waals surface area contributed by atoms with E-state index in [1.165, 1.54) is 0 Å². The number of nitrogens with zero attached hydrogens (tertiary/aromatic N) is 2. The minimum Gasteiger partial charge on any atom is -0.493 e. The summed E-state index contributed by atoms with van der Waals surface area (Å²) in [7, 11) is 4.92. The van der Waals surface area contributed by atoms with Crippen molar-refractivity contribution in [3.05, 3.63) is 48.0 Å². The van der Waals surface area contributed by atoms with Crippen molar-refractivity contribution in [1.82, 2.24) is 10.6 Å². The van der Waals surface area contributed by atoms with Crippen LogP contribution in [0.3, 0.4) is 0 Å². The van der Waals surface area contributed by atoms with Crippen molar-refractivity contribution in [2.75, 3.05) is 39.3 Å². The van der Waals surface area contributed by atoms with E-state index in [1.807, 2.05) is 29.2 Å². The second-order valence-corrected chi connectivity index (χ2v) is 7.04. The Morgan fingerprint density at radius 3 is 2.61 bits per heavy atom. The molecule has 3 rings (SSSR count). The van der Waals surface area contributed by atoms with Gasteiger partial charge in [0.1, 0.15) is 5.75 Å². The quantitative estimate of drug-likeness (QED) is 0.491. The van der Waals surface area contributed by atoms with Gasteiger partial charge in [0.15, 0.2) is 17.5 Å². The summed E-state index contributed by atoms with van der Waals surface area (Å²) in [6.45, 7) is -0.909. The van der Waals surface area contributed by atoms with E-state index in [4.69, 9.17) is 9.47 Å². The summed E-state index contributed by atoms with van der Waals surface area (Å²) in [5, 5.41) is 6.69. The number of guanidine groups is 1. The fourth-order valence-corrected chi connectivity index (χ4v) is 3.58. The molecule has 7 nitrogen and oxygen atoms in total. The Kier molecular flexibility index (Phi) is 7.75. The molecule has 0 saturated carbocycles. The van der Waals surface area contributed by atoms with E-state index in [2.05, 4.69) is 20.4 Å². The van der Waals surface area contributed by atoms with Crippen LogP contribution < -0.4 is 29.7 Å². The molecule has 0 aromatic heterocycles. The van der Waals surface area contributed by atoms with Crippen LogP contribution in [0.15, 0.2) is 47.5 Å². The normalized spacial score (nSPS) is 16.4. The van der Waals surface area contributed by atoms with Gasteiger partial charge in [-0.3, -0.25) is 4.99 Å². The predicted octanol–water partition coefficient (Wildman–Crippen LogP) is 3.25. The van der Waals surface area contributed by atoms with E-state index in [0.29, 0.717) is 36.2 Å². The number of hydrogen-bond acceptors (Lipinski definition) is 5. The van der Waals surface area contributed by atoms with Crippen molar-refractivity contribution in [3.8, 4) is 17.2 Å². The first-order valence-electron chi connectivity index (χ1n) is 10.0. The Balaban J connectivity index is 1.57. The molecular formula is C22H28F2N4O3. The molecule has 2 N–H and O–H groups in total. The maximum Gasteiger partial charge on any atom is 0.387 e. The molecule has 1 aliphatic rings. The molecule has 0 bridgehead atoms. The molecule has 0 radical (unpaired) electrons. The number of anilines is 1. The summed E-state index contributed by atoms with van der Waals surface area (Å²) >= 11 is 0. The lowest BCUT2D eigenvalue weighted by atomic mass is 10.2. The molecule has 0 spiro atoms. The second kappa shape index (κ2) is 10.7. The third-order valence-corrected chi connectivity index (χ3v) is 5.08. The second-order valence-electron chi connectivity index (χ2n) is 7.04. The lowest BCUT2D eigenvalue weighted by molar-refractivity contribution is -0.0495. The average Bonchev–Trinajstić information content (AvgIpc) is 3.24. The van der Waals surface area contributed by atoms with Gasteiger partial charge in [0.05, 0.1) is 19.9 Å². The Labute approximate surface area is 181 Å². The van der Waals surface area contributed by atoms with Crippen LogP contribution in [0, 0.1) is 0 Å². The third-order valence-electron chi connectivity index (χ3n) is 5.08. The number of benzene rings is 2. The maximum atomic E-state index is 12.7. The molecule has 2 aromatic carbocycles. The molecule has 1 heterocycles. The zero-order valence-electron chi connectivity index (χ0n) is 17.9. The average molecular weight is 434 g/mol. The van der Waals surface area contributed by atoms with Gasteiger partial charge in [0.25, 0.3) is 0 Å². The standard InChI is InChI=1S/C22H28F2N4O3/c1-25-22(26-13-15-8-9-19(29-2)20(12-15)30-3)27-16-10-11-28(14-16)17-6-4-5-7-18(17)31-21(23)24/h4-9,12,16,21H,10-11,13-14H2,1-3H3,(H2,25,26,27). The van der Waals surface area contributed by atoms with E-state index in [1.54, 1.807) is 39.5 Å². The summed E-state index contributed by atoms with van der Waals surface area (Å²) in [6.07, 6.45) is 0.847. The van der Waals surface area contributed by atoms with Crippen LogP contribution in [0.2, 0.25) is 0 Å². The highest BCUT2D eigenvalue weighted by Crippen LogP contribution is 2.32. The van der Waals surface area contributed by atoms with Gasteiger partial charge in [0, 0.05) is 32.7 Å². The SMILES string of the molecule is CN=C(NCc1ccc(OC)c(OC)c1)NC1CCN(c2ccccc2OC(F)F)C1. The summed E-state index contributed by atoms with van der Waals surface area (Å²) < 4.78 is 40.7. The number of ether oxygens (including phenoxy) is 3. The molecule has 1 aliphatic heterocycles. The van der Waals surface area contributed by atoms with Gasteiger partial charge in [-0.05, 0) is 36.2 Å². The highest BCUT2D eigenvalue weighted by atomic mass is 19.3. The van der Waals surface area contributed by atoms with Crippen molar-refractivity contribution >= 4 is 11.6 Å². The van der Waals surface area contributed by atoms with Crippen LogP contribution in [0.4, 0.5) is 14.5 Å². The molecule has 168 valence electrons. The lowest BCUT2D eigenvalue weighted by Gasteiger charge is -2.22. The van der Waals surface area contributed by atoms with Gasteiger partial charge in [-0.1, -0.05) is 18.2 Å². The van der Waals surface area contributed by atoms with Crippen LogP contribution in [-0.2, 0) is 6.54 Å². The molecule has 1 atom stereocenters. The zero-order valence-corrected chi connectivity index (χ0v) is 17.9. The van der Waals surface area contributed by atoms with Crippen LogP contribution in [-0.4, -0.2) is 53.0 Å². The number of methoxy groups -OCH3 is 2. The monoisotopic (exact) mass is 434 g/mol. The first kappa shape index (κ1) is 22.5. The van der Waals surface area contributed by atoms with Crippen LogP contribution in [0.5, 0.6) is 17.2 Å². The smallest absolute Gasteiger partial charge is 0.387 e. The predicted molar refractivity (Wildman–Crippen MR) is 117 cm³/mol. The Bertz CT molecular complexity index is 895. The molecule has 9 heteroatoms. The number of halogens is 2. The summed E-state index contributed by atoms with van der Waals surface area (Å²) in [5.74, 6) is 2.20. The van der Waals surface area contributed by atoms with Gasteiger partial charge in [-0.2, -0.15) is 8.78 Å². The molecule has 0 amide bonds. The topological polar surface area (TPSA) is 67.4 Å². The largest absolute Gasteiger partial charge is 0.493 e. The Morgan fingerprint density at radius 2 is 1.90 bits per heavy atom. The van der Waals surface area contributed by atoms with Crippen LogP contribution in [0.25, 0.3) is 0 Å². The lowest BCUT2D eigenvalue weighted by Crippen LogP contribution is -2.44. The van der Waals surface area contributed by atoms with E-state index < -0.39 is 6.61 Å². The summed E-state index contributed by atoms with van der Waals surface area (Å²) in [6, 6.07) is 12.7. The molecule has 1 fully saturated rings. The minimum absolute atomic E-state index is 0.121. The van der Waals surface area contributed by atoms with Gasteiger partial charge < -0.3 is 29.7 Å². The molecule has 31 heavy (non-hydrogen) atoms. The Morgan fingerprint density at radius 1 is 1.13 bits per heavy atom. The fourth-order valence-electron chi connectivity index (χ4n) is 3.58. The molecular weight excluding hydrogens is 406 g/mol. The van der Waals surface area contributed by atoms with Crippen molar-refractivity contribution in [3.63, 3.8) is 0 Å². The number of hydrogen-bond donors (Lipinski definition) is 2. The van der Waals surface area contributed by atoms with Gasteiger partial charge in [-0.25, -0.2) is 0 Å². The molecule has 1 unspecified atom stereocenters. The number of para-hydroxylation sites is 2. The van der Waals surface area contributed by atoms with E-state index in [-0.39, 0.29) is 11.8 Å². The first-order valence-corrected chi connectivity index (χ1v) is 10.0. The molecule has 0 aliphatic carbocycles. The van der Waals surface area contributed by atoms with Crippen molar-refractivity contribution in [2.24, 2.45) is 4.99 Å². The summed E-state index contributed by atoms with van der Waals surface area (Å²) in [5.41, 5.74) is 1.69. The highest BCUT2D eigenvalue weighted by Gasteiger charge is 2.26. The van der Waals surface area contributed by atoms with E-state index in [9.17, 15) is 8.78 Å². The van der Waals surface area contributed by atoms with Gasteiger partial charge >= 0.3 is 6.61 Å². The van der Waals surface area contributed by atoms with Crippen molar-refractivity contribution in [2.45, 2.75) is 25.6 Å². The van der Waals surface area contributed by atoms with Crippen LogP contribution in [0.1, 0.15) is 12.0 Å². The number of aliphatic imine (C=N–C) groups is 1. The van der Waals surface area contributed by atoms with E-state index in [0.717, 1.165) is 18.5 Å².